The number of hydrogen-bond donors (Lipinski definition) is 2. The molecule has 1 fully saturated rings. The lowest BCUT2D eigenvalue weighted by Gasteiger charge is -2.14. The fraction of sp³-hybridized carbons (Fsp3) is 0.588. The van der Waals surface area contributed by atoms with Crippen LogP contribution in [0.2, 0.25) is 0 Å². The van der Waals surface area contributed by atoms with Crippen molar-refractivity contribution in [3.63, 3.8) is 0 Å². The standard InChI is InChI=1S/C17H26N2O3/c20-16-9-12-19(13-16)11-6-2-5-10-18-17(21)22-14-15-7-3-1-4-8-15/h1,3-4,7-8,16,20H,2,5-6,9-14H2,(H,18,21). The molecular formula is C17H26N2O3. The van der Waals surface area contributed by atoms with Gasteiger partial charge in [0.2, 0.25) is 0 Å². The zero-order chi connectivity index (χ0) is 15.6. The Morgan fingerprint density at radius 3 is 2.82 bits per heavy atom. The van der Waals surface area contributed by atoms with E-state index in [4.69, 9.17) is 4.74 Å². The fourth-order valence-electron chi connectivity index (χ4n) is 2.62. The summed E-state index contributed by atoms with van der Waals surface area (Å²) in [5.41, 5.74) is 0.991. The first kappa shape index (κ1) is 16.8. The maximum atomic E-state index is 11.5. The van der Waals surface area contributed by atoms with E-state index in [0.717, 1.165) is 50.9 Å². The Morgan fingerprint density at radius 2 is 2.09 bits per heavy atom. The van der Waals surface area contributed by atoms with Gasteiger partial charge in [0.05, 0.1) is 6.10 Å². The van der Waals surface area contributed by atoms with E-state index in [0.29, 0.717) is 13.2 Å². The number of carbonyl (C=O) groups is 1. The van der Waals surface area contributed by atoms with Gasteiger partial charge in [0.25, 0.3) is 0 Å². The average Bonchev–Trinajstić information content (AvgIpc) is 2.95. The number of hydrogen-bond acceptors (Lipinski definition) is 4. The van der Waals surface area contributed by atoms with Crippen LogP contribution in [0.15, 0.2) is 30.3 Å². The summed E-state index contributed by atoms with van der Waals surface area (Å²) in [6, 6.07) is 9.66. The zero-order valence-corrected chi connectivity index (χ0v) is 13.0. The third-order valence-corrected chi connectivity index (χ3v) is 3.88. The molecule has 1 saturated heterocycles. The SMILES string of the molecule is O=C(NCCCCCN1CCC(O)C1)OCc1ccccc1. The number of nitrogens with zero attached hydrogens (tertiary/aromatic N) is 1. The van der Waals surface area contributed by atoms with Gasteiger partial charge in [0.1, 0.15) is 6.61 Å². The van der Waals surface area contributed by atoms with Crippen molar-refractivity contribution in [2.75, 3.05) is 26.2 Å². The summed E-state index contributed by atoms with van der Waals surface area (Å²) in [5.74, 6) is 0. The van der Waals surface area contributed by atoms with Gasteiger partial charge < -0.3 is 20.1 Å². The number of rotatable bonds is 8. The second-order valence-corrected chi connectivity index (χ2v) is 5.79. The summed E-state index contributed by atoms with van der Waals surface area (Å²) in [4.78, 5) is 13.8. The number of benzene rings is 1. The van der Waals surface area contributed by atoms with Crippen LogP contribution in [-0.2, 0) is 11.3 Å². The summed E-state index contributed by atoms with van der Waals surface area (Å²) < 4.78 is 5.14. The summed E-state index contributed by atoms with van der Waals surface area (Å²) in [6.07, 6.45) is 3.54. The quantitative estimate of drug-likeness (QED) is 0.723. The van der Waals surface area contributed by atoms with E-state index >= 15 is 0 Å². The third kappa shape index (κ3) is 6.45. The van der Waals surface area contributed by atoms with Crippen LogP contribution in [-0.4, -0.2) is 48.4 Å². The van der Waals surface area contributed by atoms with Crippen molar-refractivity contribution in [2.24, 2.45) is 0 Å². The Bertz CT molecular complexity index is 439. The number of amides is 1. The third-order valence-electron chi connectivity index (χ3n) is 3.88. The molecule has 0 radical (unpaired) electrons. The van der Waals surface area contributed by atoms with Crippen molar-refractivity contribution in [3.8, 4) is 0 Å². The number of aliphatic hydroxyl groups is 1. The molecule has 0 bridgehead atoms. The molecule has 2 rings (SSSR count). The minimum atomic E-state index is -0.355. The van der Waals surface area contributed by atoms with Gasteiger partial charge in [-0.1, -0.05) is 36.8 Å². The van der Waals surface area contributed by atoms with Gasteiger partial charge >= 0.3 is 6.09 Å². The van der Waals surface area contributed by atoms with Gasteiger partial charge in [-0.3, -0.25) is 0 Å². The van der Waals surface area contributed by atoms with E-state index in [2.05, 4.69) is 10.2 Å². The number of aliphatic hydroxyl groups excluding tert-OH is 1. The van der Waals surface area contributed by atoms with Crippen molar-refractivity contribution in [3.05, 3.63) is 35.9 Å². The fourth-order valence-corrected chi connectivity index (χ4v) is 2.62. The van der Waals surface area contributed by atoms with Gasteiger partial charge in [-0.15, -0.1) is 0 Å². The first-order valence-corrected chi connectivity index (χ1v) is 8.09. The van der Waals surface area contributed by atoms with Crippen LogP contribution >= 0.6 is 0 Å². The monoisotopic (exact) mass is 306 g/mol. The van der Waals surface area contributed by atoms with Crippen LogP contribution in [0.1, 0.15) is 31.2 Å². The molecule has 0 aromatic heterocycles. The molecule has 1 heterocycles. The molecule has 0 saturated carbocycles. The highest BCUT2D eigenvalue weighted by Crippen LogP contribution is 2.09. The molecule has 1 amide bonds. The molecule has 1 aromatic rings. The number of unbranched alkanes of at least 4 members (excludes halogenated alkanes) is 2. The molecule has 2 N–H and O–H groups in total. The van der Waals surface area contributed by atoms with E-state index in [1.54, 1.807) is 0 Å². The summed E-state index contributed by atoms with van der Waals surface area (Å²) in [7, 11) is 0. The number of alkyl carbamates (subject to hydrolysis) is 1. The van der Waals surface area contributed by atoms with Crippen molar-refractivity contribution in [1.82, 2.24) is 10.2 Å². The molecule has 5 nitrogen and oxygen atoms in total. The van der Waals surface area contributed by atoms with Crippen molar-refractivity contribution >= 4 is 6.09 Å². The Kier molecular flexibility index (Phi) is 7.19. The maximum Gasteiger partial charge on any atom is 0.407 e. The number of likely N-dealkylation sites (tertiary alicyclic amines) is 1. The molecule has 1 atom stereocenters. The van der Waals surface area contributed by atoms with Crippen molar-refractivity contribution in [1.29, 1.82) is 0 Å². The Balaban J connectivity index is 1.44. The molecule has 0 aliphatic carbocycles. The average molecular weight is 306 g/mol. The van der Waals surface area contributed by atoms with Gasteiger partial charge in [0, 0.05) is 19.6 Å². The first-order valence-electron chi connectivity index (χ1n) is 8.09. The first-order chi connectivity index (χ1) is 10.7. The van der Waals surface area contributed by atoms with Gasteiger partial charge in [-0.2, -0.15) is 0 Å². The lowest BCUT2D eigenvalue weighted by Crippen LogP contribution is -2.26. The molecule has 1 unspecified atom stereocenters. The van der Waals surface area contributed by atoms with E-state index in [-0.39, 0.29) is 12.2 Å². The summed E-state index contributed by atoms with van der Waals surface area (Å²) in [6.45, 7) is 3.81. The van der Waals surface area contributed by atoms with Gasteiger partial charge in [-0.05, 0) is 31.4 Å². The van der Waals surface area contributed by atoms with E-state index in [1.807, 2.05) is 30.3 Å². The van der Waals surface area contributed by atoms with Crippen LogP contribution in [0.5, 0.6) is 0 Å². The lowest BCUT2D eigenvalue weighted by atomic mass is 10.2. The largest absolute Gasteiger partial charge is 0.445 e. The number of carbonyl (C=O) groups excluding carboxylic acids is 1. The molecule has 1 aromatic carbocycles. The highest BCUT2D eigenvalue weighted by atomic mass is 16.5. The van der Waals surface area contributed by atoms with Crippen molar-refractivity contribution < 1.29 is 14.6 Å². The maximum absolute atomic E-state index is 11.5. The van der Waals surface area contributed by atoms with Crippen LogP contribution in [0, 0.1) is 0 Å². The van der Waals surface area contributed by atoms with Crippen LogP contribution in [0.3, 0.4) is 0 Å². The van der Waals surface area contributed by atoms with E-state index in [9.17, 15) is 9.90 Å². The Labute approximate surface area is 132 Å². The second-order valence-electron chi connectivity index (χ2n) is 5.79. The molecule has 1 aliphatic rings. The second kappa shape index (κ2) is 9.43. The number of β-amino-alcohol motifs (C(OH)–C–C–N with tert-alkyl or cyclic N) is 1. The minimum Gasteiger partial charge on any atom is -0.445 e. The van der Waals surface area contributed by atoms with Crippen LogP contribution in [0.4, 0.5) is 4.79 Å². The molecule has 1 aliphatic heterocycles. The van der Waals surface area contributed by atoms with Gasteiger partial charge in [-0.25, -0.2) is 4.79 Å². The normalized spacial score (nSPS) is 18.3. The molecule has 0 spiro atoms. The van der Waals surface area contributed by atoms with Crippen molar-refractivity contribution in [2.45, 2.75) is 38.4 Å². The number of nitrogens with one attached hydrogen (secondary N) is 1. The Hall–Kier alpha value is -1.59. The van der Waals surface area contributed by atoms with Crippen LogP contribution in [0.25, 0.3) is 0 Å². The molecular weight excluding hydrogens is 280 g/mol. The predicted octanol–water partition coefficient (Wildman–Crippen LogP) is 2.15. The number of ether oxygens (including phenoxy) is 1. The molecule has 122 valence electrons. The van der Waals surface area contributed by atoms with Crippen LogP contribution < -0.4 is 5.32 Å². The van der Waals surface area contributed by atoms with Gasteiger partial charge in [0.15, 0.2) is 0 Å². The highest BCUT2D eigenvalue weighted by Gasteiger charge is 2.18. The predicted molar refractivity (Wildman–Crippen MR) is 85.5 cm³/mol. The molecule has 5 heteroatoms. The van der Waals surface area contributed by atoms with E-state index in [1.165, 1.54) is 0 Å². The lowest BCUT2D eigenvalue weighted by molar-refractivity contribution is 0.139. The summed E-state index contributed by atoms with van der Waals surface area (Å²) >= 11 is 0. The highest BCUT2D eigenvalue weighted by molar-refractivity contribution is 5.67. The smallest absolute Gasteiger partial charge is 0.407 e. The van der Waals surface area contributed by atoms with E-state index < -0.39 is 0 Å². The zero-order valence-electron chi connectivity index (χ0n) is 13.0. The topological polar surface area (TPSA) is 61.8 Å². The molecule has 22 heavy (non-hydrogen) atoms. The summed E-state index contributed by atoms with van der Waals surface area (Å²) in [5, 5.41) is 12.2. The Morgan fingerprint density at radius 1 is 1.27 bits per heavy atom. The minimum absolute atomic E-state index is 0.138.